The second kappa shape index (κ2) is 17.8. The van der Waals surface area contributed by atoms with Gasteiger partial charge in [0.05, 0.1) is 25.0 Å². The van der Waals surface area contributed by atoms with Crippen molar-refractivity contribution < 1.29 is 80.8 Å². The average molecular weight is 812 g/mol. The Hall–Kier alpha value is -2.15. The van der Waals surface area contributed by atoms with Gasteiger partial charge >= 0.3 is 23.5 Å². The van der Waals surface area contributed by atoms with Gasteiger partial charge in [0.25, 0.3) is 0 Å². The molecule has 0 radical (unpaired) electrons. The molecule has 1 saturated heterocycles. The highest BCUT2D eigenvalue weighted by Gasteiger charge is 2.50. The fourth-order valence-corrected chi connectivity index (χ4v) is 7.75. The van der Waals surface area contributed by atoms with Gasteiger partial charge in [-0.05, 0) is 6.92 Å². The Bertz CT molecular complexity index is 1660. The van der Waals surface area contributed by atoms with Gasteiger partial charge in [-0.3, -0.25) is 27.7 Å². The molecule has 0 aromatic carbocycles. The molecule has 8 atom stereocenters. The van der Waals surface area contributed by atoms with Gasteiger partial charge in [-0.15, -0.1) is 11.8 Å². The predicted octanol–water partition coefficient (Wildman–Crippen LogP) is -1.52. The highest BCUT2D eigenvalue weighted by atomic mass is 32.2. The van der Waals surface area contributed by atoms with Crippen LogP contribution in [-0.2, 0) is 45.9 Å². The predicted molar refractivity (Wildman–Crippen MR) is 174 cm³/mol. The number of nitrogens with zero attached hydrogens (tertiary/aromatic N) is 4. The lowest BCUT2D eigenvalue weighted by atomic mass is 9.87. The van der Waals surface area contributed by atoms with E-state index in [0.717, 1.165) is 17.2 Å². The Morgan fingerprint density at radius 1 is 1.08 bits per heavy atom. The molecular formula is C23H40N7O17P3S. The number of aromatic nitrogens is 4. The zero-order valence-corrected chi connectivity index (χ0v) is 30.7. The number of ether oxygens (including phenoxy) is 1. The Morgan fingerprint density at radius 2 is 1.75 bits per heavy atom. The van der Waals surface area contributed by atoms with Crippen LogP contribution in [0.15, 0.2) is 12.7 Å². The summed E-state index contributed by atoms with van der Waals surface area (Å²) in [7, 11) is -16.3. The molecule has 11 N–H and O–H groups in total. The van der Waals surface area contributed by atoms with Crippen molar-refractivity contribution in [3.05, 3.63) is 12.7 Å². The van der Waals surface area contributed by atoms with Gasteiger partial charge in [-0.25, -0.2) is 28.6 Å². The van der Waals surface area contributed by atoms with Crippen LogP contribution in [0.25, 0.3) is 11.2 Å². The lowest BCUT2D eigenvalue weighted by molar-refractivity contribution is -0.137. The van der Waals surface area contributed by atoms with E-state index in [1.807, 2.05) is 0 Å². The van der Waals surface area contributed by atoms with E-state index in [0.29, 0.717) is 5.75 Å². The molecule has 3 heterocycles. The largest absolute Gasteiger partial charge is 0.481 e. The van der Waals surface area contributed by atoms with Crippen LogP contribution in [0.5, 0.6) is 0 Å². The van der Waals surface area contributed by atoms with E-state index in [1.54, 1.807) is 6.92 Å². The van der Waals surface area contributed by atoms with Crippen molar-refractivity contribution in [3.63, 3.8) is 0 Å². The molecule has 1 aliphatic heterocycles. The van der Waals surface area contributed by atoms with Crippen LogP contribution >= 0.6 is 35.2 Å². The first-order valence-corrected chi connectivity index (χ1v) is 20.3. The van der Waals surface area contributed by atoms with Crippen molar-refractivity contribution in [1.82, 2.24) is 30.2 Å². The van der Waals surface area contributed by atoms with Gasteiger partial charge in [-0.2, -0.15) is 4.31 Å². The van der Waals surface area contributed by atoms with Gasteiger partial charge in [-0.1, -0.05) is 13.8 Å². The van der Waals surface area contributed by atoms with Crippen LogP contribution in [0, 0.1) is 5.41 Å². The van der Waals surface area contributed by atoms with Crippen LogP contribution in [0.1, 0.15) is 33.4 Å². The summed E-state index contributed by atoms with van der Waals surface area (Å²) in [4.78, 5) is 75.1. The molecule has 0 saturated carbocycles. The van der Waals surface area contributed by atoms with Crippen LogP contribution < -0.4 is 16.4 Å². The lowest BCUT2D eigenvalue weighted by Gasteiger charge is -2.30. The minimum absolute atomic E-state index is 0.0332. The zero-order chi connectivity index (χ0) is 38.4. The zero-order valence-electron chi connectivity index (χ0n) is 27.2. The summed E-state index contributed by atoms with van der Waals surface area (Å²) in [6.45, 7) is 2.20. The third kappa shape index (κ3) is 13.0. The van der Waals surface area contributed by atoms with E-state index < -0.39 is 90.0 Å². The minimum atomic E-state index is -5.55. The normalized spacial score (nSPS) is 23.3. The van der Waals surface area contributed by atoms with Crippen LogP contribution in [0.3, 0.4) is 0 Å². The number of anilines is 1. The number of rotatable bonds is 20. The molecule has 28 heteroatoms. The molecule has 0 spiro atoms. The fraction of sp³-hybridized carbons (Fsp3) is 0.696. The maximum Gasteiger partial charge on any atom is 0.481 e. The fourth-order valence-electron chi connectivity index (χ4n) is 4.36. The number of hydrogen-bond acceptors (Lipinski definition) is 18. The second-order valence-electron chi connectivity index (χ2n) is 11.5. The summed E-state index contributed by atoms with van der Waals surface area (Å²) in [6, 6.07) is 0. The van der Waals surface area contributed by atoms with Gasteiger partial charge in [0.15, 0.2) is 17.7 Å². The summed E-state index contributed by atoms with van der Waals surface area (Å²) in [5.41, 5.74) is 3.68. The van der Waals surface area contributed by atoms with E-state index in [1.165, 1.54) is 25.6 Å². The molecule has 2 aromatic rings. The van der Waals surface area contributed by atoms with Crippen molar-refractivity contribution in [2.75, 3.05) is 37.8 Å². The smallest absolute Gasteiger partial charge is 0.386 e. The summed E-state index contributed by atoms with van der Waals surface area (Å²) in [5.74, 6) is -0.942. The van der Waals surface area contributed by atoms with E-state index in [9.17, 15) is 58.2 Å². The number of phosphoric acid groups is 3. The molecule has 51 heavy (non-hydrogen) atoms. The number of imidazole rings is 1. The first kappa shape index (κ1) is 43.3. The number of nitrogens with two attached hydrogens (primary N) is 1. The molecule has 0 bridgehead atoms. The molecule has 3 rings (SSSR count). The Kier molecular flexibility index (Phi) is 15.1. The second-order valence-corrected chi connectivity index (χ2v) is 17.2. The quantitative estimate of drug-likeness (QED) is 0.0412. The number of nitrogen functional groups attached to an aromatic ring is 1. The molecule has 290 valence electrons. The number of nitrogens with one attached hydrogen (secondary N) is 2. The van der Waals surface area contributed by atoms with E-state index in [2.05, 4.69) is 34.4 Å². The maximum absolute atomic E-state index is 12.6. The third-order valence-electron chi connectivity index (χ3n) is 6.86. The summed E-state index contributed by atoms with van der Waals surface area (Å²) >= 11 is 1.22. The lowest BCUT2D eigenvalue weighted by Crippen LogP contribution is -2.46. The van der Waals surface area contributed by atoms with Crippen molar-refractivity contribution >= 4 is 64.0 Å². The molecule has 0 aliphatic carbocycles. The number of phosphoric ester groups is 3. The van der Waals surface area contributed by atoms with Crippen LogP contribution in [-0.4, -0.2) is 128 Å². The topological polar surface area (TPSA) is 367 Å². The van der Waals surface area contributed by atoms with Crippen molar-refractivity contribution in [3.8, 4) is 0 Å². The van der Waals surface area contributed by atoms with Gasteiger partial charge in [0.1, 0.15) is 36.3 Å². The minimum Gasteiger partial charge on any atom is -0.386 e. The molecule has 24 nitrogen and oxygen atoms in total. The van der Waals surface area contributed by atoms with Crippen molar-refractivity contribution in [2.45, 2.75) is 63.3 Å². The van der Waals surface area contributed by atoms with Crippen molar-refractivity contribution in [1.29, 1.82) is 0 Å². The number of carbonyl (C=O) groups excluding carboxylic acids is 2. The van der Waals surface area contributed by atoms with E-state index in [4.69, 9.17) is 19.5 Å². The Morgan fingerprint density at radius 3 is 2.39 bits per heavy atom. The van der Waals surface area contributed by atoms with Crippen molar-refractivity contribution in [2.24, 2.45) is 5.41 Å². The number of hydrogen-bond donors (Lipinski definition) is 10. The highest BCUT2D eigenvalue weighted by Crippen LogP contribution is 2.61. The van der Waals surface area contributed by atoms with E-state index >= 15 is 0 Å². The summed E-state index contributed by atoms with van der Waals surface area (Å²) in [5, 5.41) is 35.4. The Balaban J connectivity index is 1.55. The van der Waals surface area contributed by atoms with Gasteiger partial charge < -0.3 is 56.0 Å². The third-order valence-corrected chi connectivity index (χ3v) is 10.9. The average Bonchev–Trinajstić information content (AvgIpc) is 3.57. The van der Waals surface area contributed by atoms with E-state index in [-0.39, 0.29) is 36.5 Å². The van der Waals surface area contributed by atoms with Crippen LogP contribution in [0.4, 0.5) is 5.82 Å². The summed E-state index contributed by atoms with van der Waals surface area (Å²) in [6.07, 6.45) is -6.83. The standard InChI is InChI=1S/C23H40N7O17P3S/c1-12(31)51-7-6-25-14(32)4-5-26-21(35)18(34)23(2,3)9-44-50(41,42)47-49(39,40)43-8-13-17(46-48(36,37)38)16(33)22(45-13)30-11-29-15-19(24)27-10-28-20(15)30/h10-13,16-18,22,31,33-34H,4-9H2,1-3H3,(H,25,32)(H,26,35)(H,39,40)(H,41,42)(H2,24,27,28)(H2,36,37,38)/t12?,13-,16-,17-,18+,22-/m1/s1. The number of aliphatic hydroxyl groups excluding tert-OH is 3. The number of fused-ring (bicyclic) bond motifs is 1. The highest BCUT2D eigenvalue weighted by molar-refractivity contribution is 7.99. The molecule has 1 aliphatic rings. The van der Waals surface area contributed by atoms with Gasteiger partial charge in [0.2, 0.25) is 11.8 Å². The first-order chi connectivity index (χ1) is 23.5. The maximum atomic E-state index is 12.6. The summed E-state index contributed by atoms with van der Waals surface area (Å²) < 4.78 is 61.9. The number of amides is 2. The first-order valence-electron chi connectivity index (χ1n) is 14.7. The van der Waals surface area contributed by atoms with Crippen LogP contribution in [0.2, 0.25) is 0 Å². The molecule has 2 aromatic heterocycles. The molecular weight excluding hydrogens is 771 g/mol. The Labute approximate surface area is 293 Å². The van der Waals surface area contributed by atoms with Gasteiger partial charge in [0, 0.05) is 30.7 Å². The monoisotopic (exact) mass is 811 g/mol. The number of carbonyl (C=O) groups is 2. The SMILES string of the molecule is CC(O)SCCNC(=O)CCNC(=O)[C@H](O)C(C)(C)COP(=O)(O)OP(=O)(O)OC[C@H]1O[C@@H](n2cnc3c(N)ncnc32)[C@H](O)[C@@H]1OP(=O)(O)O. The number of thioether (sulfide) groups is 1. The molecule has 1 fully saturated rings. The molecule has 2 amide bonds. The number of aliphatic hydroxyl groups is 3. The molecule has 3 unspecified atom stereocenters.